The van der Waals surface area contributed by atoms with Crippen LogP contribution in [0, 0.1) is 0 Å². The lowest BCUT2D eigenvalue weighted by atomic mass is 10.2. The van der Waals surface area contributed by atoms with E-state index in [1.165, 1.54) is 0 Å². The normalized spacial score (nSPS) is 20.6. The number of nitrogens with zero attached hydrogens (tertiary/aromatic N) is 2. The van der Waals surface area contributed by atoms with Crippen LogP contribution in [0.1, 0.15) is 48.0 Å². The molecule has 1 atom stereocenters. The van der Waals surface area contributed by atoms with Crippen LogP contribution in [0.4, 0.5) is 4.79 Å². The minimum atomic E-state index is -0.440. The van der Waals surface area contributed by atoms with Crippen molar-refractivity contribution in [2.24, 2.45) is 0 Å². The van der Waals surface area contributed by atoms with Crippen molar-refractivity contribution in [3.05, 3.63) is 0 Å². The van der Waals surface area contributed by atoms with Crippen LogP contribution in [-0.2, 0) is 9.47 Å². The summed E-state index contributed by atoms with van der Waals surface area (Å²) in [6.07, 6.45) is 0.755. The molecular formula is C16H32N2O3. The van der Waals surface area contributed by atoms with Crippen LogP contribution in [-0.4, -0.2) is 66.4 Å². The van der Waals surface area contributed by atoms with Crippen molar-refractivity contribution in [3.8, 4) is 0 Å². The molecule has 0 N–H and O–H groups in total. The molecule has 0 aliphatic carbocycles. The number of hydrogen-bond acceptors (Lipinski definition) is 4. The Kier molecular flexibility index (Phi) is 6.05. The molecule has 0 radical (unpaired) electrons. The molecular weight excluding hydrogens is 268 g/mol. The van der Waals surface area contributed by atoms with E-state index in [0.29, 0.717) is 0 Å². The van der Waals surface area contributed by atoms with Crippen LogP contribution in [0.5, 0.6) is 0 Å². The largest absolute Gasteiger partial charge is 0.444 e. The fourth-order valence-electron chi connectivity index (χ4n) is 2.30. The van der Waals surface area contributed by atoms with Gasteiger partial charge in [0, 0.05) is 32.7 Å². The first kappa shape index (κ1) is 18.2. The summed E-state index contributed by atoms with van der Waals surface area (Å²) in [5, 5.41) is 0. The number of amides is 1. The average Bonchev–Trinajstić information content (AvgIpc) is 2.72. The Morgan fingerprint density at radius 2 is 1.81 bits per heavy atom. The number of rotatable bonds is 4. The number of carbonyl (C=O) groups is 1. The monoisotopic (exact) mass is 300 g/mol. The van der Waals surface area contributed by atoms with E-state index < -0.39 is 5.60 Å². The summed E-state index contributed by atoms with van der Waals surface area (Å²) in [5.74, 6) is 0. The smallest absolute Gasteiger partial charge is 0.410 e. The summed E-state index contributed by atoms with van der Waals surface area (Å²) in [5.41, 5.74) is -0.531. The van der Waals surface area contributed by atoms with Crippen molar-refractivity contribution >= 4 is 6.09 Å². The highest BCUT2D eigenvalue weighted by molar-refractivity contribution is 5.68. The van der Waals surface area contributed by atoms with E-state index in [9.17, 15) is 4.79 Å². The molecule has 1 saturated heterocycles. The van der Waals surface area contributed by atoms with Crippen LogP contribution < -0.4 is 0 Å². The molecule has 124 valence electrons. The topological polar surface area (TPSA) is 42.0 Å². The van der Waals surface area contributed by atoms with Gasteiger partial charge in [-0.3, -0.25) is 4.90 Å². The third-order valence-electron chi connectivity index (χ3n) is 3.42. The van der Waals surface area contributed by atoms with Gasteiger partial charge >= 0.3 is 6.09 Å². The molecule has 1 amide bonds. The summed E-state index contributed by atoms with van der Waals surface area (Å²) < 4.78 is 11.2. The molecule has 5 heteroatoms. The highest BCUT2D eigenvalue weighted by Crippen LogP contribution is 2.18. The van der Waals surface area contributed by atoms with Crippen LogP contribution >= 0.6 is 0 Å². The summed E-state index contributed by atoms with van der Waals surface area (Å²) in [4.78, 5) is 16.1. The fraction of sp³-hybridized carbons (Fsp3) is 0.938. The summed E-state index contributed by atoms with van der Waals surface area (Å²) in [7, 11) is 1.83. The molecule has 21 heavy (non-hydrogen) atoms. The molecule has 1 aliphatic rings. The fourth-order valence-corrected chi connectivity index (χ4v) is 2.30. The van der Waals surface area contributed by atoms with Crippen molar-refractivity contribution < 1.29 is 14.3 Å². The van der Waals surface area contributed by atoms with Gasteiger partial charge in [0.25, 0.3) is 0 Å². The van der Waals surface area contributed by atoms with Gasteiger partial charge in [-0.25, -0.2) is 4.79 Å². The van der Waals surface area contributed by atoms with Crippen molar-refractivity contribution in [1.29, 1.82) is 0 Å². The SMILES string of the molecule is CN(C(=O)OC(C)(C)C)C1CCN(CCOC(C)(C)C)C1. The first-order valence-corrected chi connectivity index (χ1v) is 7.80. The van der Waals surface area contributed by atoms with E-state index in [-0.39, 0.29) is 17.7 Å². The van der Waals surface area contributed by atoms with E-state index in [2.05, 4.69) is 25.7 Å². The lowest BCUT2D eigenvalue weighted by Gasteiger charge is -2.28. The third kappa shape index (κ3) is 7.14. The Hall–Kier alpha value is -0.810. The minimum absolute atomic E-state index is 0.0908. The standard InChI is InChI=1S/C16H32N2O3/c1-15(2,3)20-11-10-18-9-8-13(12-18)17(7)14(19)21-16(4,5)6/h13H,8-12H2,1-7H3. The molecule has 1 aliphatic heterocycles. The molecule has 0 spiro atoms. The molecule has 5 nitrogen and oxygen atoms in total. The van der Waals surface area contributed by atoms with Crippen molar-refractivity contribution in [2.45, 2.75) is 65.2 Å². The quantitative estimate of drug-likeness (QED) is 0.800. The Bertz CT molecular complexity index is 344. The maximum Gasteiger partial charge on any atom is 0.410 e. The molecule has 0 aromatic heterocycles. The lowest BCUT2D eigenvalue weighted by Crippen LogP contribution is -2.42. The predicted octanol–water partition coefficient (Wildman–Crippen LogP) is 2.74. The van der Waals surface area contributed by atoms with E-state index >= 15 is 0 Å². The molecule has 1 heterocycles. The zero-order valence-corrected chi connectivity index (χ0v) is 14.7. The highest BCUT2D eigenvalue weighted by Gasteiger charge is 2.30. The second-order valence-electron chi connectivity index (χ2n) is 7.80. The molecule has 0 bridgehead atoms. The molecule has 1 fully saturated rings. The van der Waals surface area contributed by atoms with Crippen molar-refractivity contribution in [2.75, 3.05) is 33.3 Å². The molecule has 0 aromatic rings. The maximum absolute atomic E-state index is 12.1. The molecule has 1 rings (SSSR count). The van der Waals surface area contributed by atoms with Gasteiger partial charge in [0.05, 0.1) is 12.2 Å². The van der Waals surface area contributed by atoms with Crippen LogP contribution in [0.3, 0.4) is 0 Å². The van der Waals surface area contributed by atoms with Gasteiger partial charge in [-0.2, -0.15) is 0 Å². The molecule has 0 saturated carbocycles. The number of likely N-dealkylation sites (tertiary alicyclic amines) is 1. The third-order valence-corrected chi connectivity index (χ3v) is 3.42. The Labute approximate surface area is 129 Å². The van der Waals surface area contributed by atoms with Gasteiger partial charge in [-0.05, 0) is 48.0 Å². The Balaban J connectivity index is 2.35. The Morgan fingerprint density at radius 3 is 2.33 bits per heavy atom. The first-order chi connectivity index (χ1) is 9.48. The number of likely N-dealkylation sites (N-methyl/N-ethyl adjacent to an activating group) is 1. The van der Waals surface area contributed by atoms with Gasteiger partial charge in [-0.1, -0.05) is 0 Å². The molecule has 0 aromatic carbocycles. The van der Waals surface area contributed by atoms with Crippen LogP contribution in [0.25, 0.3) is 0 Å². The van der Waals surface area contributed by atoms with Crippen molar-refractivity contribution in [3.63, 3.8) is 0 Å². The number of ether oxygens (including phenoxy) is 2. The van der Waals surface area contributed by atoms with Gasteiger partial charge < -0.3 is 14.4 Å². The van der Waals surface area contributed by atoms with Gasteiger partial charge in [-0.15, -0.1) is 0 Å². The Morgan fingerprint density at radius 1 is 1.19 bits per heavy atom. The van der Waals surface area contributed by atoms with E-state index in [1.807, 2.05) is 27.8 Å². The lowest BCUT2D eigenvalue weighted by molar-refractivity contribution is -0.0116. The van der Waals surface area contributed by atoms with Crippen LogP contribution in [0.2, 0.25) is 0 Å². The second-order valence-corrected chi connectivity index (χ2v) is 7.80. The number of hydrogen-bond donors (Lipinski definition) is 0. The second kappa shape index (κ2) is 6.97. The van der Waals surface area contributed by atoms with Gasteiger partial charge in [0.1, 0.15) is 5.60 Å². The van der Waals surface area contributed by atoms with E-state index in [4.69, 9.17) is 9.47 Å². The average molecular weight is 300 g/mol. The summed E-state index contributed by atoms with van der Waals surface area (Å²) in [6.45, 7) is 15.4. The summed E-state index contributed by atoms with van der Waals surface area (Å²) >= 11 is 0. The predicted molar refractivity (Wildman–Crippen MR) is 84.5 cm³/mol. The first-order valence-electron chi connectivity index (χ1n) is 7.80. The zero-order chi connectivity index (χ0) is 16.3. The maximum atomic E-state index is 12.1. The zero-order valence-electron chi connectivity index (χ0n) is 14.7. The van der Waals surface area contributed by atoms with E-state index in [0.717, 1.165) is 32.7 Å². The van der Waals surface area contributed by atoms with Gasteiger partial charge in [0.2, 0.25) is 0 Å². The number of carbonyl (C=O) groups excluding carboxylic acids is 1. The van der Waals surface area contributed by atoms with Crippen LogP contribution in [0.15, 0.2) is 0 Å². The van der Waals surface area contributed by atoms with Gasteiger partial charge in [0.15, 0.2) is 0 Å². The van der Waals surface area contributed by atoms with Crippen molar-refractivity contribution in [1.82, 2.24) is 9.80 Å². The minimum Gasteiger partial charge on any atom is -0.444 e. The summed E-state index contributed by atoms with van der Waals surface area (Å²) in [6, 6.07) is 0.231. The molecule has 1 unspecified atom stereocenters. The highest BCUT2D eigenvalue weighted by atomic mass is 16.6. The van der Waals surface area contributed by atoms with E-state index in [1.54, 1.807) is 4.90 Å².